The predicted octanol–water partition coefficient (Wildman–Crippen LogP) is 2.70. The Hall–Kier alpha value is -2.06. The number of nitriles is 1. The van der Waals surface area contributed by atoms with Crippen LogP contribution in [0.3, 0.4) is 0 Å². The van der Waals surface area contributed by atoms with Crippen LogP contribution in [-0.4, -0.2) is 25.1 Å². The first-order valence-electron chi connectivity index (χ1n) is 7.25. The molecule has 0 heterocycles. The summed E-state index contributed by atoms with van der Waals surface area (Å²) in [5.74, 6) is 0.677. The van der Waals surface area contributed by atoms with E-state index in [4.69, 9.17) is 10.00 Å². The zero-order valence-electron chi connectivity index (χ0n) is 12.7. The standard InChI is InChI=1S/C16H23N3O2/c1-13(2)18-10-8-16(20)19-14-6-5-7-15(12-14)21-11-4-3-9-17/h5-7,12-13,18H,3-4,8,10-11H2,1-2H3,(H,19,20). The molecule has 21 heavy (non-hydrogen) atoms. The number of unbranched alkanes of at least 4 members (excludes halogenated alkanes) is 1. The topological polar surface area (TPSA) is 74.2 Å². The van der Waals surface area contributed by atoms with Crippen LogP contribution in [0.1, 0.15) is 33.1 Å². The summed E-state index contributed by atoms with van der Waals surface area (Å²) in [6.45, 7) is 5.26. The van der Waals surface area contributed by atoms with Crippen molar-refractivity contribution in [1.82, 2.24) is 5.32 Å². The Morgan fingerprint density at radius 2 is 2.24 bits per heavy atom. The Labute approximate surface area is 126 Å². The first-order chi connectivity index (χ1) is 10.1. The number of carbonyl (C=O) groups excluding carboxylic acids is 1. The van der Waals surface area contributed by atoms with E-state index < -0.39 is 0 Å². The maximum absolute atomic E-state index is 11.8. The minimum absolute atomic E-state index is 0.0234. The fourth-order valence-corrected chi connectivity index (χ4v) is 1.70. The summed E-state index contributed by atoms with van der Waals surface area (Å²) in [5.41, 5.74) is 0.724. The van der Waals surface area contributed by atoms with Crippen LogP contribution >= 0.6 is 0 Å². The number of amides is 1. The molecule has 0 aliphatic heterocycles. The van der Waals surface area contributed by atoms with Gasteiger partial charge in [0.1, 0.15) is 5.75 Å². The SMILES string of the molecule is CC(C)NCCC(=O)Nc1cccc(OCCCC#N)c1. The van der Waals surface area contributed by atoms with E-state index in [2.05, 4.69) is 16.7 Å². The Morgan fingerprint density at radius 1 is 1.43 bits per heavy atom. The Bertz CT molecular complexity index is 481. The van der Waals surface area contributed by atoms with Crippen LogP contribution < -0.4 is 15.4 Å². The van der Waals surface area contributed by atoms with E-state index in [0.717, 1.165) is 5.69 Å². The van der Waals surface area contributed by atoms with Crippen molar-refractivity contribution in [3.8, 4) is 11.8 Å². The van der Waals surface area contributed by atoms with Gasteiger partial charge in [0.05, 0.1) is 12.7 Å². The van der Waals surface area contributed by atoms with Gasteiger partial charge in [0.25, 0.3) is 0 Å². The van der Waals surface area contributed by atoms with E-state index in [1.165, 1.54) is 0 Å². The highest BCUT2D eigenvalue weighted by Crippen LogP contribution is 2.17. The van der Waals surface area contributed by atoms with Crippen LogP contribution in [0.15, 0.2) is 24.3 Å². The predicted molar refractivity (Wildman–Crippen MR) is 83.2 cm³/mol. The number of anilines is 1. The number of ether oxygens (including phenoxy) is 1. The zero-order valence-corrected chi connectivity index (χ0v) is 12.7. The number of hydrogen-bond acceptors (Lipinski definition) is 4. The minimum Gasteiger partial charge on any atom is -0.493 e. The maximum atomic E-state index is 11.8. The number of rotatable bonds is 9. The molecule has 0 unspecified atom stereocenters. The van der Waals surface area contributed by atoms with Gasteiger partial charge >= 0.3 is 0 Å². The van der Waals surface area contributed by atoms with Gasteiger partial charge in [-0.05, 0) is 18.6 Å². The lowest BCUT2D eigenvalue weighted by atomic mass is 10.2. The highest BCUT2D eigenvalue weighted by molar-refractivity contribution is 5.90. The van der Waals surface area contributed by atoms with Gasteiger partial charge in [0.15, 0.2) is 0 Å². The van der Waals surface area contributed by atoms with E-state index in [1.54, 1.807) is 6.07 Å². The molecular formula is C16H23N3O2. The summed E-state index contributed by atoms with van der Waals surface area (Å²) in [6, 6.07) is 9.75. The second-order valence-corrected chi connectivity index (χ2v) is 5.04. The summed E-state index contributed by atoms with van der Waals surface area (Å²) < 4.78 is 5.53. The van der Waals surface area contributed by atoms with Crippen LogP contribution in [0.5, 0.6) is 5.75 Å². The van der Waals surface area contributed by atoms with Crippen molar-refractivity contribution in [2.75, 3.05) is 18.5 Å². The molecule has 0 bridgehead atoms. The Morgan fingerprint density at radius 3 is 2.95 bits per heavy atom. The third-order valence-corrected chi connectivity index (χ3v) is 2.72. The minimum atomic E-state index is -0.0234. The van der Waals surface area contributed by atoms with Crippen molar-refractivity contribution in [2.24, 2.45) is 0 Å². The monoisotopic (exact) mass is 289 g/mol. The Balaban J connectivity index is 2.37. The quantitative estimate of drug-likeness (QED) is 0.685. The van der Waals surface area contributed by atoms with Gasteiger partial charge in [-0.3, -0.25) is 4.79 Å². The third-order valence-electron chi connectivity index (χ3n) is 2.72. The van der Waals surface area contributed by atoms with Crippen LogP contribution in [0.25, 0.3) is 0 Å². The van der Waals surface area contributed by atoms with Crippen LogP contribution in [0.2, 0.25) is 0 Å². The molecule has 0 fully saturated rings. The second-order valence-electron chi connectivity index (χ2n) is 5.04. The molecule has 0 saturated carbocycles. The molecule has 0 saturated heterocycles. The third kappa shape index (κ3) is 7.95. The van der Waals surface area contributed by atoms with E-state index in [9.17, 15) is 4.79 Å². The van der Waals surface area contributed by atoms with E-state index in [-0.39, 0.29) is 5.91 Å². The fourth-order valence-electron chi connectivity index (χ4n) is 1.70. The molecular weight excluding hydrogens is 266 g/mol. The van der Waals surface area contributed by atoms with E-state index in [0.29, 0.717) is 44.2 Å². The van der Waals surface area contributed by atoms with Gasteiger partial charge in [0.2, 0.25) is 5.91 Å². The van der Waals surface area contributed by atoms with Crippen LogP contribution in [0, 0.1) is 11.3 Å². The highest BCUT2D eigenvalue weighted by atomic mass is 16.5. The molecule has 0 aliphatic carbocycles. The second kappa shape index (κ2) is 9.78. The zero-order chi connectivity index (χ0) is 15.5. The molecule has 1 rings (SSSR count). The van der Waals surface area contributed by atoms with Crippen molar-refractivity contribution >= 4 is 11.6 Å². The van der Waals surface area contributed by atoms with Gasteiger partial charge in [-0.25, -0.2) is 0 Å². The molecule has 2 N–H and O–H groups in total. The molecule has 0 aliphatic rings. The maximum Gasteiger partial charge on any atom is 0.225 e. The number of carbonyl (C=O) groups is 1. The molecule has 0 aromatic heterocycles. The number of benzene rings is 1. The van der Waals surface area contributed by atoms with Crippen molar-refractivity contribution in [3.05, 3.63) is 24.3 Å². The van der Waals surface area contributed by atoms with Crippen LogP contribution in [0.4, 0.5) is 5.69 Å². The summed E-state index contributed by atoms with van der Waals surface area (Å²) in [6.07, 6.45) is 1.62. The summed E-state index contributed by atoms with van der Waals surface area (Å²) in [4.78, 5) is 11.8. The van der Waals surface area contributed by atoms with Gasteiger partial charge < -0.3 is 15.4 Å². The normalized spacial score (nSPS) is 10.2. The Kier molecular flexibility index (Phi) is 7.92. The summed E-state index contributed by atoms with van der Waals surface area (Å²) >= 11 is 0. The van der Waals surface area contributed by atoms with Crippen molar-refractivity contribution in [3.63, 3.8) is 0 Å². The van der Waals surface area contributed by atoms with Gasteiger partial charge in [0, 0.05) is 37.2 Å². The molecule has 5 nitrogen and oxygen atoms in total. The largest absolute Gasteiger partial charge is 0.493 e. The molecule has 1 aromatic rings. The molecule has 0 spiro atoms. The van der Waals surface area contributed by atoms with Crippen LogP contribution in [-0.2, 0) is 4.79 Å². The molecule has 114 valence electrons. The molecule has 0 atom stereocenters. The summed E-state index contributed by atoms with van der Waals surface area (Å²) in [5, 5.41) is 14.5. The van der Waals surface area contributed by atoms with E-state index in [1.807, 2.05) is 32.0 Å². The smallest absolute Gasteiger partial charge is 0.225 e. The average Bonchev–Trinajstić information content (AvgIpc) is 2.43. The fraction of sp³-hybridized carbons (Fsp3) is 0.500. The first-order valence-corrected chi connectivity index (χ1v) is 7.25. The lowest BCUT2D eigenvalue weighted by molar-refractivity contribution is -0.116. The molecule has 0 radical (unpaired) electrons. The van der Waals surface area contributed by atoms with Gasteiger partial charge in [-0.2, -0.15) is 5.26 Å². The lowest BCUT2D eigenvalue weighted by Gasteiger charge is -2.10. The first kappa shape index (κ1) is 17.0. The van der Waals surface area contributed by atoms with Crippen molar-refractivity contribution in [2.45, 2.75) is 39.2 Å². The lowest BCUT2D eigenvalue weighted by Crippen LogP contribution is -2.27. The van der Waals surface area contributed by atoms with Crippen molar-refractivity contribution in [1.29, 1.82) is 5.26 Å². The molecule has 1 amide bonds. The summed E-state index contributed by atoms with van der Waals surface area (Å²) in [7, 11) is 0. The number of nitrogens with zero attached hydrogens (tertiary/aromatic N) is 1. The van der Waals surface area contributed by atoms with Gasteiger partial charge in [-0.15, -0.1) is 0 Å². The average molecular weight is 289 g/mol. The molecule has 1 aromatic carbocycles. The van der Waals surface area contributed by atoms with E-state index >= 15 is 0 Å². The van der Waals surface area contributed by atoms with Gasteiger partial charge in [-0.1, -0.05) is 19.9 Å². The molecule has 5 heteroatoms. The number of nitrogens with one attached hydrogen (secondary N) is 2. The number of hydrogen-bond donors (Lipinski definition) is 2. The van der Waals surface area contributed by atoms with Crippen molar-refractivity contribution < 1.29 is 9.53 Å². The highest BCUT2D eigenvalue weighted by Gasteiger charge is 2.04.